The van der Waals surface area contributed by atoms with E-state index in [0.717, 1.165) is 0 Å². The minimum atomic E-state index is -1.09. The highest BCUT2D eigenvalue weighted by molar-refractivity contribution is 5.92. The number of anilines is 1. The van der Waals surface area contributed by atoms with Crippen LogP contribution < -0.4 is 15.4 Å². The number of amides is 2. The molecule has 9 heteroatoms. The largest absolute Gasteiger partial charge is 0.496 e. The van der Waals surface area contributed by atoms with Crippen LogP contribution in [0.2, 0.25) is 0 Å². The van der Waals surface area contributed by atoms with Crippen molar-refractivity contribution in [2.45, 2.75) is 25.3 Å². The van der Waals surface area contributed by atoms with Gasteiger partial charge >= 0.3 is 6.09 Å². The lowest BCUT2D eigenvalue weighted by atomic mass is 10.1. The Balaban J connectivity index is 1.71. The quantitative estimate of drug-likeness (QED) is 0.741. The third kappa shape index (κ3) is 4.49. The zero-order chi connectivity index (χ0) is 19.4. The molecule has 1 aliphatic carbocycles. The highest BCUT2D eigenvalue weighted by Gasteiger charge is 2.31. The van der Waals surface area contributed by atoms with Gasteiger partial charge in [-0.25, -0.2) is 19.2 Å². The summed E-state index contributed by atoms with van der Waals surface area (Å²) in [5.74, 6) is -0.305. The van der Waals surface area contributed by atoms with Crippen LogP contribution in [0, 0.1) is 11.7 Å². The van der Waals surface area contributed by atoms with Gasteiger partial charge in [0.25, 0.3) is 0 Å². The van der Waals surface area contributed by atoms with Crippen LogP contribution >= 0.6 is 0 Å². The maximum atomic E-state index is 13.4. The van der Waals surface area contributed by atoms with E-state index in [0.29, 0.717) is 42.1 Å². The van der Waals surface area contributed by atoms with E-state index in [1.807, 2.05) is 0 Å². The second-order valence-electron chi connectivity index (χ2n) is 6.28. The van der Waals surface area contributed by atoms with Gasteiger partial charge in [0, 0.05) is 29.7 Å². The molecule has 1 heterocycles. The second-order valence-corrected chi connectivity index (χ2v) is 6.28. The molecule has 1 aromatic carbocycles. The summed E-state index contributed by atoms with van der Waals surface area (Å²) in [4.78, 5) is 31.4. The number of aromatic nitrogens is 2. The Labute approximate surface area is 154 Å². The molecule has 1 saturated carbocycles. The molecule has 2 aromatic rings. The summed E-state index contributed by atoms with van der Waals surface area (Å²) in [6.45, 7) is 0. The molecule has 2 atom stereocenters. The molecular formula is C18H19FN4O4. The van der Waals surface area contributed by atoms with Gasteiger partial charge < -0.3 is 20.5 Å². The van der Waals surface area contributed by atoms with E-state index in [1.54, 1.807) is 12.1 Å². The fraction of sp³-hybridized carbons (Fsp3) is 0.333. The number of nitrogens with zero attached hydrogens (tertiary/aromatic N) is 2. The van der Waals surface area contributed by atoms with Gasteiger partial charge in [-0.3, -0.25) is 4.79 Å². The summed E-state index contributed by atoms with van der Waals surface area (Å²) in [6.07, 6.45) is 1.88. The number of methoxy groups -OCH3 is 1. The molecule has 0 bridgehead atoms. The molecule has 0 aliphatic heterocycles. The second kappa shape index (κ2) is 7.98. The number of rotatable bonds is 5. The SMILES string of the molecule is COc1cc(F)ccc1-c1cc(NC(=O)[C@H]2CC[C@@H](NC(=O)O)C2)ncn1. The van der Waals surface area contributed by atoms with Crippen LogP contribution in [0.5, 0.6) is 5.75 Å². The standard InChI is InChI=1S/C18H19FN4O4/c1-27-15-7-11(19)3-5-13(15)14-8-16(21-9-20-14)23-17(24)10-2-4-12(6-10)22-18(25)26/h3,5,7-10,12,22H,2,4,6H2,1H3,(H,25,26)(H,20,21,23,24)/t10-,12+/m0/s1. The smallest absolute Gasteiger partial charge is 0.404 e. The van der Waals surface area contributed by atoms with Crippen molar-refractivity contribution in [1.29, 1.82) is 0 Å². The Hall–Kier alpha value is -3.23. The first-order valence-corrected chi connectivity index (χ1v) is 8.42. The van der Waals surface area contributed by atoms with Crippen molar-refractivity contribution in [2.24, 2.45) is 5.92 Å². The molecule has 1 fully saturated rings. The van der Waals surface area contributed by atoms with E-state index in [1.165, 1.54) is 25.6 Å². The first-order chi connectivity index (χ1) is 13.0. The molecule has 3 rings (SSSR count). The lowest BCUT2D eigenvalue weighted by Gasteiger charge is -2.12. The molecular weight excluding hydrogens is 355 g/mol. The maximum absolute atomic E-state index is 13.4. The van der Waals surface area contributed by atoms with E-state index in [4.69, 9.17) is 9.84 Å². The third-order valence-electron chi connectivity index (χ3n) is 4.49. The lowest BCUT2D eigenvalue weighted by Crippen LogP contribution is -2.32. The number of hydrogen-bond donors (Lipinski definition) is 3. The Kier molecular flexibility index (Phi) is 5.49. The number of halogens is 1. The van der Waals surface area contributed by atoms with Crippen LogP contribution in [0.4, 0.5) is 15.0 Å². The molecule has 0 saturated heterocycles. The molecule has 0 radical (unpaired) electrons. The first kappa shape index (κ1) is 18.6. The highest BCUT2D eigenvalue weighted by atomic mass is 19.1. The normalized spacial score (nSPS) is 18.7. The Morgan fingerprint density at radius 1 is 1.26 bits per heavy atom. The van der Waals surface area contributed by atoms with E-state index >= 15 is 0 Å². The van der Waals surface area contributed by atoms with Crippen molar-refractivity contribution in [3.63, 3.8) is 0 Å². The van der Waals surface area contributed by atoms with Crippen molar-refractivity contribution >= 4 is 17.8 Å². The minimum Gasteiger partial charge on any atom is -0.496 e. The van der Waals surface area contributed by atoms with E-state index in [2.05, 4.69) is 20.6 Å². The number of nitrogens with one attached hydrogen (secondary N) is 2. The van der Waals surface area contributed by atoms with Gasteiger partial charge in [0.2, 0.25) is 5.91 Å². The van der Waals surface area contributed by atoms with E-state index in [9.17, 15) is 14.0 Å². The van der Waals surface area contributed by atoms with E-state index < -0.39 is 11.9 Å². The van der Waals surface area contributed by atoms with Crippen molar-refractivity contribution < 1.29 is 23.8 Å². The number of ether oxygens (including phenoxy) is 1. The molecule has 3 N–H and O–H groups in total. The predicted molar refractivity (Wildman–Crippen MR) is 94.9 cm³/mol. The zero-order valence-electron chi connectivity index (χ0n) is 14.6. The van der Waals surface area contributed by atoms with E-state index in [-0.39, 0.29) is 17.9 Å². The number of carboxylic acid groups (broad SMARTS) is 1. The van der Waals surface area contributed by atoms with Crippen LogP contribution in [0.3, 0.4) is 0 Å². The van der Waals surface area contributed by atoms with Crippen molar-refractivity contribution in [3.8, 4) is 17.0 Å². The van der Waals surface area contributed by atoms with Gasteiger partial charge in [-0.1, -0.05) is 0 Å². The monoisotopic (exact) mass is 374 g/mol. The highest BCUT2D eigenvalue weighted by Crippen LogP contribution is 2.30. The van der Waals surface area contributed by atoms with Crippen LogP contribution in [-0.4, -0.2) is 40.2 Å². The maximum Gasteiger partial charge on any atom is 0.404 e. The first-order valence-electron chi connectivity index (χ1n) is 8.42. The Bertz CT molecular complexity index is 861. The Morgan fingerprint density at radius 3 is 2.81 bits per heavy atom. The molecule has 27 heavy (non-hydrogen) atoms. The number of carbonyl (C=O) groups is 2. The third-order valence-corrected chi connectivity index (χ3v) is 4.49. The molecule has 1 aliphatic rings. The van der Waals surface area contributed by atoms with Gasteiger partial charge in [0.1, 0.15) is 23.7 Å². The fourth-order valence-electron chi connectivity index (χ4n) is 3.20. The van der Waals surface area contributed by atoms with Crippen LogP contribution in [0.1, 0.15) is 19.3 Å². The summed E-state index contributed by atoms with van der Waals surface area (Å²) in [5.41, 5.74) is 1.05. The molecule has 1 aromatic heterocycles. The number of benzene rings is 1. The summed E-state index contributed by atoms with van der Waals surface area (Å²) in [5, 5.41) is 13.9. The van der Waals surface area contributed by atoms with Crippen molar-refractivity contribution in [2.75, 3.05) is 12.4 Å². The van der Waals surface area contributed by atoms with Crippen molar-refractivity contribution in [3.05, 3.63) is 36.4 Å². The average molecular weight is 374 g/mol. The van der Waals surface area contributed by atoms with Crippen LogP contribution in [0.15, 0.2) is 30.6 Å². The summed E-state index contributed by atoms with van der Waals surface area (Å²) in [6, 6.07) is 5.45. The van der Waals surface area contributed by atoms with Gasteiger partial charge in [-0.15, -0.1) is 0 Å². The van der Waals surface area contributed by atoms with Gasteiger partial charge in [-0.2, -0.15) is 0 Å². The Morgan fingerprint density at radius 2 is 2.07 bits per heavy atom. The summed E-state index contributed by atoms with van der Waals surface area (Å²) >= 11 is 0. The number of hydrogen-bond acceptors (Lipinski definition) is 5. The van der Waals surface area contributed by atoms with Crippen LogP contribution in [0.25, 0.3) is 11.3 Å². The van der Waals surface area contributed by atoms with Gasteiger partial charge in [0.15, 0.2) is 0 Å². The molecule has 2 amide bonds. The van der Waals surface area contributed by atoms with Gasteiger partial charge in [-0.05, 0) is 31.4 Å². The zero-order valence-corrected chi connectivity index (χ0v) is 14.6. The molecule has 142 valence electrons. The minimum absolute atomic E-state index is 0.220. The fourth-order valence-corrected chi connectivity index (χ4v) is 3.20. The topological polar surface area (TPSA) is 113 Å². The number of carbonyl (C=O) groups excluding carboxylic acids is 1. The molecule has 8 nitrogen and oxygen atoms in total. The van der Waals surface area contributed by atoms with Crippen LogP contribution in [-0.2, 0) is 4.79 Å². The van der Waals surface area contributed by atoms with Gasteiger partial charge in [0.05, 0.1) is 12.8 Å². The average Bonchev–Trinajstić information content (AvgIpc) is 3.09. The molecule has 0 spiro atoms. The summed E-state index contributed by atoms with van der Waals surface area (Å²) in [7, 11) is 1.43. The molecule has 0 unspecified atom stereocenters. The summed E-state index contributed by atoms with van der Waals surface area (Å²) < 4.78 is 18.6. The lowest BCUT2D eigenvalue weighted by molar-refractivity contribution is -0.119. The predicted octanol–water partition coefficient (Wildman–Crippen LogP) is 2.67. The van der Waals surface area contributed by atoms with Crippen molar-refractivity contribution in [1.82, 2.24) is 15.3 Å².